The van der Waals surface area contributed by atoms with Crippen molar-refractivity contribution in [2.75, 3.05) is 4.72 Å². The molecule has 0 radical (unpaired) electrons. The minimum Gasteiger partial charge on any atom is -0.323 e. The number of thiophene rings is 1. The van der Waals surface area contributed by atoms with E-state index in [9.17, 15) is 8.42 Å². The van der Waals surface area contributed by atoms with E-state index in [1.54, 1.807) is 6.07 Å². The highest BCUT2D eigenvalue weighted by Crippen LogP contribution is 2.24. The first-order valence-electron chi connectivity index (χ1n) is 6.15. The van der Waals surface area contributed by atoms with Crippen LogP contribution in [0.2, 0.25) is 0 Å². The number of rotatable bonds is 4. The molecule has 1 aromatic carbocycles. The molecule has 5 nitrogen and oxygen atoms in total. The summed E-state index contributed by atoms with van der Waals surface area (Å²) in [5.41, 5.74) is 1.52. The summed E-state index contributed by atoms with van der Waals surface area (Å²) < 4.78 is 27.3. The predicted octanol–water partition coefficient (Wildman–Crippen LogP) is 2.99. The number of hydrogen-bond donors (Lipinski definition) is 2. The van der Waals surface area contributed by atoms with E-state index in [0.717, 1.165) is 22.3 Å². The number of hydrogen-bond acceptors (Lipinski definition) is 4. The average molecular weight is 307 g/mol. The van der Waals surface area contributed by atoms with Crippen LogP contribution in [0.3, 0.4) is 0 Å². The van der Waals surface area contributed by atoms with Gasteiger partial charge in [0.25, 0.3) is 10.0 Å². The fourth-order valence-electron chi connectivity index (χ4n) is 1.87. The summed E-state index contributed by atoms with van der Waals surface area (Å²) in [4.78, 5) is 8.19. The summed E-state index contributed by atoms with van der Waals surface area (Å²) >= 11 is 1.27. The van der Waals surface area contributed by atoms with Gasteiger partial charge in [0.2, 0.25) is 5.95 Å². The first kappa shape index (κ1) is 13.1. The molecule has 0 saturated carbocycles. The molecule has 20 heavy (non-hydrogen) atoms. The van der Waals surface area contributed by atoms with Gasteiger partial charge in [-0.05, 0) is 30.7 Å². The lowest BCUT2D eigenvalue weighted by molar-refractivity contribution is 0.603. The standard InChI is InChI=1S/C13H13N3O2S2/c1-2-9-7-8-12(19-9)20(17,18)16-13-14-10-5-3-4-6-11(10)15-13/h3-8H,2H2,1H3,(H2,14,15,16). The van der Waals surface area contributed by atoms with Crippen molar-refractivity contribution < 1.29 is 8.42 Å². The molecule has 0 fully saturated rings. The lowest BCUT2D eigenvalue weighted by atomic mass is 10.3. The number of sulfonamides is 1. The van der Waals surface area contributed by atoms with Gasteiger partial charge in [-0.25, -0.2) is 18.1 Å². The number of fused-ring (bicyclic) bond motifs is 1. The van der Waals surface area contributed by atoms with Gasteiger partial charge in [-0.1, -0.05) is 19.1 Å². The van der Waals surface area contributed by atoms with E-state index < -0.39 is 10.0 Å². The number of nitrogens with one attached hydrogen (secondary N) is 2. The van der Waals surface area contributed by atoms with E-state index in [0.29, 0.717) is 4.21 Å². The SMILES string of the molecule is CCc1ccc(S(=O)(=O)Nc2nc3ccccc3[nH]2)s1. The fraction of sp³-hybridized carbons (Fsp3) is 0.154. The Labute approximate surface area is 120 Å². The molecule has 0 aliphatic heterocycles. The van der Waals surface area contributed by atoms with E-state index in [1.165, 1.54) is 11.3 Å². The topological polar surface area (TPSA) is 74.8 Å². The van der Waals surface area contributed by atoms with Gasteiger partial charge in [-0.3, -0.25) is 0 Å². The van der Waals surface area contributed by atoms with Crippen molar-refractivity contribution in [3.05, 3.63) is 41.3 Å². The molecule has 0 aliphatic carbocycles. The Kier molecular flexibility index (Phi) is 3.23. The maximum Gasteiger partial charge on any atom is 0.273 e. The molecule has 7 heteroatoms. The van der Waals surface area contributed by atoms with Gasteiger partial charge in [-0.2, -0.15) is 0 Å². The number of aryl methyl sites for hydroxylation is 1. The summed E-state index contributed by atoms with van der Waals surface area (Å²) in [6, 6.07) is 10.8. The zero-order valence-electron chi connectivity index (χ0n) is 10.8. The van der Waals surface area contributed by atoms with Crippen molar-refractivity contribution in [2.24, 2.45) is 0 Å². The summed E-state index contributed by atoms with van der Waals surface area (Å²) in [5, 5.41) is 0. The normalized spacial score (nSPS) is 11.8. The van der Waals surface area contributed by atoms with Gasteiger partial charge >= 0.3 is 0 Å². The van der Waals surface area contributed by atoms with Gasteiger partial charge in [0.15, 0.2) is 0 Å². The van der Waals surface area contributed by atoms with Crippen LogP contribution in [-0.4, -0.2) is 18.4 Å². The molecule has 0 spiro atoms. The summed E-state index contributed by atoms with van der Waals surface area (Å²) in [6.07, 6.45) is 0.824. The van der Waals surface area contributed by atoms with Crippen LogP contribution in [0, 0.1) is 0 Å². The molecular weight excluding hydrogens is 294 g/mol. The molecule has 0 aliphatic rings. The van der Waals surface area contributed by atoms with E-state index >= 15 is 0 Å². The molecule has 2 aromatic heterocycles. The second-order valence-corrected chi connectivity index (χ2v) is 7.36. The van der Waals surface area contributed by atoms with Crippen LogP contribution in [0.5, 0.6) is 0 Å². The molecule has 3 aromatic rings. The highest BCUT2D eigenvalue weighted by atomic mass is 32.2. The monoisotopic (exact) mass is 307 g/mol. The van der Waals surface area contributed by atoms with Gasteiger partial charge < -0.3 is 4.98 Å². The maximum atomic E-state index is 12.2. The van der Waals surface area contributed by atoms with Crippen molar-refractivity contribution >= 4 is 38.3 Å². The highest BCUT2D eigenvalue weighted by molar-refractivity contribution is 7.94. The molecule has 104 valence electrons. The number of H-pyrrole nitrogens is 1. The first-order chi connectivity index (χ1) is 9.58. The minimum atomic E-state index is -3.58. The number of nitrogens with zero attached hydrogens (tertiary/aromatic N) is 1. The first-order valence-corrected chi connectivity index (χ1v) is 8.45. The van der Waals surface area contributed by atoms with Crippen molar-refractivity contribution in [1.82, 2.24) is 9.97 Å². The van der Waals surface area contributed by atoms with Gasteiger partial charge in [0.05, 0.1) is 11.0 Å². The Morgan fingerprint density at radius 2 is 2.05 bits per heavy atom. The number of anilines is 1. The number of benzene rings is 1. The number of para-hydroxylation sites is 2. The van der Waals surface area contributed by atoms with Crippen molar-refractivity contribution in [2.45, 2.75) is 17.6 Å². The smallest absolute Gasteiger partial charge is 0.273 e. The molecule has 0 saturated heterocycles. The third kappa shape index (κ3) is 2.41. The van der Waals surface area contributed by atoms with Crippen LogP contribution in [0.15, 0.2) is 40.6 Å². The predicted molar refractivity (Wildman–Crippen MR) is 80.6 cm³/mol. The molecule has 3 rings (SSSR count). The molecule has 0 amide bonds. The third-order valence-electron chi connectivity index (χ3n) is 2.87. The lowest BCUT2D eigenvalue weighted by Crippen LogP contribution is -2.12. The fourth-order valence-corrected chi connectivity index (χ4v) is 4.13. The number of aromatic amines is 1. The zero-order chi connectivity index (χ0) is 14.2. The maximum absolute atomic E-state index is 12.2. The minimum absolute atomic E-state index is 0.234. The zero-order valence-corrected chi connectivity index (χ0v) is 12.4. The van der Waals surface area contributed by atoms with E-state index in [2.05, 4.69) is 14.7 Å². The molecule has 0 atom stereocenters. The summed E-state index contributed by atoms with van der Waals surface area (Å²) in [6.45, 7) is 1.99. The van der Waals surface area contributed by atoms with Crippen molar-refractivity contribution in [1.29, 1.82) is 0 Å². The quantitative estimate of drug-likeness (QED) is 0.778. The van der Waals surface area contributed by atoms with Crippen molar-refractivity contribution in [3.8, 4) is 0 Å². The summed E-state index contributed by atoms with van der Waals surface area (Å²) in [5.74, 6) is 0.234. The van der Waals surface area contributed by atoms with Crippen LogP contribution in [0.1, 0.15) is 11.8 Å². The lowest BCUT2D eigenvalue weighted by Gasteiger charge is -2.01. The van der Waals surface area contributed by atoms with E-state index in [1.807, 2.05) is 37.3 Å². The van der Waals surface area contributed by atoms with E-state index in [4.69, 9.17) is 0 Å². The third-order valence-corrected chi connectivity index (χ3v) is 5.93. The van der Waals surface area contributed by atoms with Gasteiger partial charge in [0.1, 0.15) is 4.21 Å². The van der Waals surface area contributed by atoms with Crippen LogP contribution in [-0.2, 0) is 16.4 Å². The van der Waals surface area contributed by atoms with Gasteiger partial charge in [0, 0.05) is 4.88 Å². The van der Waals surface area contributed by atoms with Crippen LogP contribution < -0.4 is 4.72 Å². The Hall–Kier alpha value is -1.86. The Bertz CT molecular complexity index is 816. The molecule has 0 bridgehead atoms. The number of imidazole rings is 1. The summed E-state index contributed by atoms with van der Waals surface area (Å²) in [7, 11) is -3.58. The van der Waals surface area contributed by atoms with Crippen LogP contribution in [0.25, 0.3) is 11.0 Å². The van der Waals surface area contributed by atoms with Crippen LogP contribution in [0.4, 0.5) is 5.95 Å². The van der Waals surface area contributed by atoms with Crippen LogP contribution >= 0.6 is 11.3 Å². The second kappa shape index (κ2) is 4.92. The second-order valence-electron chi connectivity index (χ2n) is 4.28. The molecule has 2 heterocycles. The Morgan fingerprint density at radius 3 is 2.75 bits per heavy atom. The Morgan fingerprint density at radius 1 is 1.25 bits per heavy atom. The number of aromatic nitrogens is 2. The van der Waals surface area contributed by atoms with E-state index in [-0.39, 0.29) is 5.95 Å². The Balaban J connectivity index is 1.92. The molecular formula is C13H13N3O2S2. The average Bonchev–Trinajstić information content (AvgIpc) is 3.04. The molecule has 0 unspecified atom stereocenters. The largest absolute Gasteiger partial charge is 0.323 e. The van der Waals surface area contributed by atoms with Gasteiger partial charge in [-0.15, -0.1) is 11.3 Å². The van der Waals surface area contributed by atoms with Crippen molar-refractivity contribution in [3.63, 3.8) is 0 Å². The molecule has 2 N–H and O–H groups in total. The highest BCUT2D eigenvalue weighted by Gasteiger charge is 2.18.